The minimum absolute atomic E-state index is 0.232. The van der Waals surface area contributed by atoms with Gasteiger partial charge in [0.25, 0.3) is 0 Å². The van der Waals surface area contributed by atoms with E-state index in [4.69, 9.17) is 4.74 Å². The minimum atomic E-state index is 0.232. The monoisotopic (exact) mass is 282 g/mol. The second-order valence-electron chi connectivity index (χ2n) is 6.57. The number of piperidine rings is 1. The lowest BCUT2D eigenvalue weighted by molar-refractivity contribution is -0.123. The summed E-state index contributed by atoms with van der Waals surface area (Å²) >= 11 is 0. The van der Waals surface area contributed by atoms with Crippen LogP contribution in [0.2, 0.25) is 0 Å². The van der Waals surface area contributed by atoms with Crippen molar-refractivity contribution in [1.82, 2.24) is 10.6 Å². The van der Waals surface area contributed by atoms with E-state index >= 15 is 0 Å². The highest BCUT2D eigenvalue weighted by Gasteiger charge is 2.25. The third-order valence-electron chi connectivity index (χ3n) is 5.06. The van der Waals surface area contributed by atoms with Crippen LogP contribution in [0.25, 0.3) is 0 Å². The maximum absolute atomic E-state index is 12.2. The van der Waals surface area contributed by atoms with Crippen molar-refractivity contribution in [3.63, 3.8) is 0 Å². The van der Waals surface area contributed by atoms with E-state index in [0.717, 1.165) is 39.1 Å². The molecular weight excluding hydrogens is 252 g/mol. The van der Waals surface area contributed by atoms with Crippen molar-refractivity contribution in [3.05, 3.63) is 0 Å². The molecule has 4 nitrogen and oxygen atoms in total. The molecule has 2 saturated heterocycles. The average molecular weight is 282 g/mol. The van der Waals surface area contributed by atoms with Crippen LogP contribution in [0.1, 0.15) is 46.0 Å². The highest BCUT2D eigenvalue weighted by molar-refractivity contribution is 5.76. The van der Waals surface area contributed by atoms with Crippen LogP contribution in [0.15, 0.2) is 0 Å². The molecule has 2 atom stereocenters. The summed E-state index contributed by atoms with van der Waals surface area (Å²) in [6, 6.07) is 0.284. The number of hydrogen-bond acceptors (Lipinski definition) is 3. The molecule has 0 aromatic carbocycles. The fraction of sp³-hybridized carbons (Fsp3) is 0.938. The quantitative estimate of drug-likeness (QED) is 0.810. The van der Waals surface area contributed by atoms with Crippen molar-refractivity contribution in [2.45, 2.75) is 52.0 Å². The summed E-state index contributed by atoms with van der Waals surface area (Å²) in [6.45, 7) is 8.27. The van der Waals surface area contributed by atoms with Gasteiger partial charge >= 0.3 is 0 Å². The van der Waals surface area contributed by atoms with E-state index in [9.17, 15) is 4.79 Å². The van der Waals surface area contributed by atoms with E-state index in [1.807, 2.05) is 0 Å². The van der Waals surface area contributed by atoms with Gasteiger partial charge in [-0.05, 0) is 63.5 Å². The highest BCUT2D eigenvalue weighted by Crippen LogP contribution is 2.24. The van der Waals surface area contributed by atoms with E-state index < -0.39 is 0 Å². The number of carbonyl (C=O) groups is 1. The number of hydrogen-bond donors (Lipinski definition) is 2. The average Bonchev–Trinajstić information content (AvgIpc) is 2.49. The molecule has 2 unspecified atom stereocenters. The van der Waals surface area contributed by atoms with Gasteiger partial charge in [0.15, 0.2) is 0 Å². The molecule has 0 aromatic heterocycles. The summed E-state index contributed by atoms with van der Waals surface area (Å²) in [7, 11) is 0. The number of ether oxygens (including phenoxy) is 1. The van der Waals surface area contributed by atoms with E-state index in [0.29, 0.717) is 24.2 Å². The Balaban J connectivity index is 1.70. The lowest BCUT2D eigenvalue weighted by Gasteiger charge is -2.30. The van der Waals surface area contributed by atoms with Gasteiger partial charge in [0, 0.05) is 25.7 Å². The summed E-state index contributed by atoms with van der Waals surface area (Å²) < 4.78 is 5.38. The van der Waals surface area contributed by atoms with Gasteiger partial charge in [-0.15, -0.1) is 0 Å². The Morgan fingerprint density at radius 1 is 1.15 bits per heavy atom. The maximum atomic E-state index is 12.2. The normalized spacial score (nSPS) is 25.1. The summed E-state index contributed by atoms with van der Waals surface area (Å²) in [5, 5.41) is 6.60. The van der Waals surface area contributed by atoms with Crippen LogP contribution >= 0.6 is 0 Å². The first-order chi connectivity index (χ1) is 9.66. The van der Waals surface area contributed by atoms with Crippen molar-refractivity contribution in [2.24, 2.45) is 17.8 Å². The molecule has 2 heterocycles. The smallest absolute Gasteiger partial charge is 0.220 e. The molecule has 2 aliphatic heterocycles. The molecule has 0 aromatic rings. The SMILES string of the molecule is CC(CC(=O)NC(C)C1CCOCC1)C1CCNCC1. The summed E-state index contributed by atoms with van der Waals surface area (Å²) in [5.74, 6) is 2.02. The van der Waals surface area contributed by atoms with E-state index in [1.54, 1.807) is 0 Å². The molecule has 0 spiro atoms. The van der Waals surface area contributed by atoms with Gasteiger partial charge in [-0.1, -0.05) is 6.92 Å². The van der Waals surface area contributed by atoms with E-state index in [2.05, 4.69) is 24.5 Å². The zero-order chi connectivity index (χ0) is 14.4. The third kappa shape index (κ3) is 4.74. The van der Waals surface area contributed by atoms with Crippen LogP contribution in [0.5, 0.6) is 0 Å². The van der Waals surface area contributed by atoms with Crippen LogP contribution < -0.4 is 10.6 Å². The van der Waals surface area contributed by atoms with Gasteiger partial charge in [0.05, 0.1) is 0 Å². The highest BCUT2D eigenvalue weighted by atomic mass is 16.5. The Labute approximate surface area is 123 Å². The predicted molar refractivity (Wildman–Crippen MR) is 80.5 cm³/mol. The van der Waals surface area contributed by atoms with Crippen molar-refractivity contribution in [2.75, 3.05) is 26.3 Å². The molecular formula is C16H30N2O2. The van der Waals surface area contributed by atoms with Crippen molar-refractivity contribution in [1.29, 1.82) is 0 Å². The first-order valence-electron chi connectivity index (χ1n) is 8.24. The largest absolute Gasteiger partial charge is 0.381 e. The molecule has 2 aliphatic rings. The molecule has 0 radical (unpaired) electrons. The van der Waals surface area contributed by atoms with Crippen molar-refractivity contribution >= 4 is 5.91 Å². The summed E-state index contributed by atoms with van der Waals surface area (Å²) in [6.07, 6.45) is 5.25. The number of carbonyl (C=O) groups excluding carboxylic acids is 1. The molecule has 116 valence electrons. The lowest BCUT2D eigenvalue weighted by Crippen LogP contribution is -2.41. The van der Waals surface area contributed by atoms with Gasteiger partial charge in [-0.2, -0.15) is 0 Å². The first-order valence-corrected chi connectivity index (χ1v) is 8.24. The molecule has 2 fully saturated rings. The van der Waals surface area contributed by atoms with Crippen LogP contribution in [-0.2, 0) is 9.53 Å². The zero-order valence-corrected chi connectivity index (χ0v) is 13.0. The van der Waals surface area contributed by atoms with E-state index in [1.165, 1.54) is 12.8 Å². The third-order valence-corrected chi connectivity index (χ3v) is 5.06. The molecule has 4 heteroatoms. The second-order valence-corrected chi connectivity index (χ2v) is 6.57. The maximum Gasteiger partial charge on any atom is 0.220 e. The molecule has 0 bridgehead atoms. The number of nitrogens with one attached hydrogen (secondary N) is 2. The van der Waals surface area contributed by atoms with Gasteiger partial charge in [0.2, 0.25) is 5.91 Å². The van der Waals surface area contributed by atoms with Crippen LogP contribution in [0.3, 0.4) is 0 Å². The molecule has 20 heavy (non-hydrogen) atoms. The standard InChI is InChI=1S/C16H30N2O2/c1-12(14-3-7-17-8-4-14)11-16(19)18-13(2)15-5-9-20-10-6-15/h12-15,17H,3-11H2,1-2H3,(H,18,19). The Bertz CT molecular complexity index is 269. The second kappa shape index (κ2) is 7.99. The Hall–Kier alpha value is -0.610. The number of rotatable bonds is 5. The van der Waals surface area contributed by atoms with Crippen molar-refractivity contribution in [3.8, 4) is 0 Å². The molecule has 2 rings (SSSR count). The predicted octanol–water partition coefficient (Wildman–Crippen LogP) is 1.94. The van der Waals surface area contributed by atoms with Gasteiger partial charge in [-0.3, -0.25) is 4.79 Å². The minimum Gasteiger partial charge on any atom is -0.381 e. The first kappa shape index (κ1) is 15.8. The molecule has 0 aliphatic carbocycles. The number of amides is 1. The Morgan fingerprint density at radius 3 is 2.45 bits per heavy atom. The fourth-order valence-electron chi connectivity index (χ4n) is 3.52. The van der Waals surface area contributed by atoms with Gasteiger partial charge in [-0.25, -0.2) is 0 Å². The van der Waals surface area contributed by atoms with Crippen molar-refractivity contribution < 1.29 is 9.53 Å². The lowest BCUT2D eigenvalue weighted by atomic mass is 9.84. The van der Waals surface area contributed by atoms with E-state index in [-0.39, 0.29) is 11.9 Å². The topological polar surface area (TPSA) is 50.4 Å². The van der Waals surface area contributed by atoms with Crippen LogP contribution in [0.4, 0.5) is 0 Å². The fourth-order valence-corrected chi connectivity index (χ4v) is 3.52. The Morgan fingerprint density at radius 2 is 1.80 bits per heavy atom. The van der Waals surface area contributed by atoms with Gasteiger partial charge < -0.3 is 15.4 Å². The Kier molecular flexibility index (Phi) is 6.30. The molecule has 2 N–H and O–H groups in total. The summed E-state index contributed by atoms with van der Waals surface area (Å²) in [4.78, 5) is 12.2. The molecule has 0 saturated carbocycles. The molecule has 1 amide bonds. The summed E-state index contributed by atoms with van der Waals surface area (Å²) in [5.41, 5.74) is 0. The van der Waals surface area contributed by atoms with Crippen LogP contribution in [0, 0.1) is 17.8 Å². The zero-order valence-electron chi connectivity index (χ0n) is 13.0. The van der Waals surface area contributed by atoms with Gasteiger partial charge in [0.1, 0.15) is 0 Å². The van der Waals surface area contributed by atoms with Crippen LogP contribution in [-0.4, -0.2) is 38.3 Å².